The van der Waals surface area contributed by atoms with Crippen LogP contribution in [0.15, 0.2) is 30.3 Å². The topological polar surface area (TPSA) is 35.5 Å². The van der Waals surface area contributed by atoms with Crippen molar-refractivity contribution in [3.05, 3.63) is 35.9 Å². The largest absolute Gasteiger partial charge is 0.353 e. The summed E-state index contributed by atoms with van der Waals surface area (Å²) in [5.74, 6) is 1.26. The maximum atomic E-state index is 11.9. The van der Waals surface area contributed by atoms with E-state index >= 15 is 0 Å². The summed E-state index contributed by atoms with van der Waals surface area (Å²) in [5, 5.41) is 0. The molecule has 0 amide bonds. The first-order valence-electron chi connectivity index (χ1n) is 5.97. The highest BCUT2D eigenvalue weighted by atomic mass is 32.2. The molecule has 1 atom stereocenters. The Balaban J connectivity index is 1.70. The number of ether oxygens (including phenoxy) is 2. The lowest BCUT2D eigenvalue weighted by Crippen LogP contribution is -2.26. The van der Waals surface area contributed by atoms with Crippen LogP contribution in [0.1, 0.15) is 18.4 Å². The molecule has 1 aromatic rings. The summed E-state index contributed by atoms with van der Waals surface area (Å²) < 4.78 is 22.7. The molecule has 4 heteroatoms. The Morgan fingerprint density at radius 1 is 1.18 bits per heavy atom. The average molecular weight is 254 g/mol. The molecule has 1 heterocycles. The lowest BCUT2D eigenvalue weighted by Gasteiger charge is -2.22. The molecule has 17 heavy (non-hydrogen) atoms. The zero-order chi connectivity index (χ0) is 11.9. The van der Waals surface area contributed by atoms with Gasteiger partial charge in [0.05, 0.1) is 13.2 Å². The third kappa shape index (κ3) is 4.58. The normalized spacial score (nSPS) is 19.1. The van der Waals surface area contributed by atoms with Crippen LogP contribution in [0.2, 0.25) is 0 Å². The number of rotatable bonds is 5. The summed E-state index contributed by atoms with van der Waals surface area (Å²) >= 11 is 0. The van der Waals surface area contributed by atoms with E-state index in [1.807, 2.05) is 30.3 Å². The monoisotopic (exact) mass is 254 g/mol. The van der Waals surface area contributed by atoms with Crippen molar-refractivity contribution < 1.29 is 13.7 Å². The highest BCUT2D eigenvalue weighted by Crippen LogP contribution is 2.10. The quantitative estimate of drug-likeness (QED) is 0.807. The second kappa shape index (κ2) is 6.89. The van der Waals surface area contributed by atoms with Gasteiger partial charge in [-0.3, -0.25) is 4.21 Å². The SMILES string of the molecule is O=S(CCC1OCCCO1)Cc1ccccc1. The minimum absolute atomic E-state index is 0.150. The van der Waals surface area contributed by atoms with Crippen molar-refractivity contribution in [1.29, 1.82) is 0 Å². The minimum Gasteiger partial charge on any atom is -0.353 e. The first-order valence-corrected chi connectivity index (χ1v) is 7.45. The molecule has 2 rings (SSSR count). The van der Waals surface area contributed by atoms with Gasteiger partial charge in [-0.2, -0.15) is 0 Å². The van der Waals surface area contributed by atoms with Crippen molar-refractivity contribution in [1.82, 2.24) is 0 Å². The minimum atomic E-state index is -0.833. The first-order chi connectivity index (χ1) is 8.34. The Hall–Kier alpha value is -0.710. The summed E-state index contributed by atoms with van der Waals surface area (Å²) in [6.07, 6.45) is 1.53. The molecule has 1 fully saturated rings. The van der Waals surface area contributed by atoms with Gasteiger partial charge in [-0.1, -0.05) is 30.3 Å². The van der Waals surface area contributed by atoms with Gasteiger partial charge in [0, 0.05) is 28.7 Å². The molecular formula is C13H18O3S. The lowest BCUT2D eigenvalue weighted by molar-refractivity contribution is -0.178. The van der Waals surface area contributed by atoms with E-state index in [4.69, 9.17) is 9.47 Å². The van der Waals surface area contributed by atoms with E-state index in [2.05, 4.69) is 0 Å². The van der Waals surface area contributed by atoms with Gasteiger partial charge < -0.3 is 9.47 Å². The van der Waals surface area contributed by atoms with Crippen molar-refractivity contribution in [2.45, 2.75) is 24.9 Å². The predicted molar refractivity (Wildman–Crippen MR) is 68.1 cm³/mol. The van der Waals surface area contributed by atoms with E-state index < -0.39 is 10.8 Å². The van der Waals surface area contributed by atoms with Crippen LogP contribution in [-0.4, -0.2) is 29.5 Å². The fraction of sp³-hybridized carbons (Fsp3) is 0.538. The molecule has 1 saturated heterocycles. The van der Waals surface area contributed by atoms with Crippen molar-refractivity contribution in [3.63, 3.8) is 0 Å². The van der Waals surface area contributed by atoms with Gasteiger partial charge in [0.1, 0.15) is 0 Å². The van der Waals surface area contributed by atoms with Crippen LogP contribution in [0.5, 0.6) is 0 Å². The molecule has 1 aliphatic rings. The Bertz CT molecular complexity index is 347. The zero-order valence-electron chi connectivity index (χ0n) is 9.84. The fourth-order valence-corrected chi connectivity index (χ4v) is 2.93. The van der Waals surface area contributed by atoms with Crippen molar-refractivity contribution in [2.24, 2.45) is 0 Å². The van der Waals surface area contributed by atoms with E-state index in [0.29, 0.717) is 11.5 Å². The van der Waals surface area contributed by atoms with Gasteiger partial charge in [-0.25, -0.2) is 0 Å². The number of benzene rings is 1. The predicted octanol–water partition coefficient (Wildman–Crippen LogP) is 2.09. The smallest absolute Gasteiger partial charge is 0.158 e. The average Bonchev–Trinajstić information content (AvgIpc) is 2.39. The van der Waals surface area contributed by atoms with E-state index in [0.717, 1.165) is 31.6 Å². The Morgan fingerprint density at radius 2 is 1.88 bits per heavy atom. The van der Waals surface area contributed by atoms with Crippen LogP contribution in [0.25, 0.3) is 0 Å². The van der Waals surface area contributed by atoms with Crippen LogP contribution in [0.4, 0.5) is 0 Å². The highest BCUT2D eigenvalue weighted by molar-refractivity contribution is 7.84. The van der Waals surface area contributed by atoms with Crippen LogP contribution in [0, 0.1) is 0 Å². The van der Waals surface area contributed by atoms with Crippen molar-refractivity contribution in [3.8, 4) is 0 Å². The third-order valence-corrected chi connectivity index (χ3v) is 3.99. The van der Waals surface area contributed by atoms with Gasteiger partial charge in [-0.15, -0.1) is 0 Å². The van der Waals surface area contributed by atoms with Crippen LogP contribution in [0.3, 0.4) is 0 Å². The molecule has 0 N–H and O–H groups in total. The first kappa shape index (κ1) is 12.7. The van der Waals surface area contributed by atoms with E-state index in [9.17, 15) is 4.21 Å². The van der Waals surface area contributed by atoms with E-state index in [-0.39, 0.29) is 6.29 Å². The zero-order valence-corrected chi connectivity index (χ0v) is 10.7. The summed E-state index contributed by atoms with van der Waals surface area (Å²) in [7, 11) is -0.833. The van der Waals surface area contributed by atoms with E-state index in [1.165, 1.54) is 0 Å². The maximum absolute atomic E-state index is 11.9. The van der Waals surface area contributed by atoms with Crippen LogP contribution < -0.4 is 0 Å². The molecule has 94 valence electrons. The second-order valence-electron chi connectivity index (χ2n) is 4.09. The molecule has 0 radical (unpaired) electrons. The summed E-state index contributed by atoms with van der Waals surface area (Å²) in [6, 6.07) is 9.92. The Labute approximate surface area is 105 Å². The van der Waals surface area contributed by atoms with Crippen LogP contribution >= 0.6 is 0 Å². The lowest BCUT2D eigenvalue weighted by atomic mass is 10.2. The molecule has 0 bridgehead atoms. The summed E-state index contributed by atoms with van der Waals surface area (Å²) in [4.78, 5) is 0. The molecule has 0 aromatic heterocycles. The summed E-state index contributed by atoms with van der Waals surface area (Å²) in [6.45, 7) is 1.52. The molecule has 3 nitrogen and oxygen atoms in total. The van der Waals surface area contributed by atoms with E-state index in [1.54, 1.807) is 0 Å². The van der Waals surface area contributed by atoms with Gasteiger partial charge in [-0.05, 0) is 12.0 Å². The molecule has 0 aliphatic carbocycles. The third-order valence-electron chi connectivity index (χ3n) is 2.65. The highest BCUT2D eigenvalue weighted by Gasteiger charge is 2.15. The maximum Gasteiger partial charge on any atom is 0.158 e. The fourth-order valence-electron chi connectivity index (χ4n) is 1.76. The van der Waals surface area contributed by atoms with Gasteiger partial charge in [0.2, 0.25) is 0 Å². The van der Waals surface area contributed by atoms with Crippen molar-refractivity contribution in [2.75, 3.05) is 19.0 Å². The molecule has 0 spiro atoms. The van der Waals surface area contributed by atoms with Gasteiger partial charge >= 0.3 is 0 Å². The van der Waals surface area contributed by atoms with Gasteiger partial charge in [0.15, 0.2) is 6.29 Å². The molecule has 1 aromatic carbocycles. The molecule has 0 saturated carbocycles. The molecule has 1 unspecified atom stereocenters. The Morgan fingerprint density at radius 3 is 2.59 bits per heavy atom. The number of hydrogen-bond donors (Lipinski definition) is 0. The number of hydrogen-bond acceptors (Lipinski definition) is 3. The van der Waals surface area contributed by atoms with Gasteiger partial charge in [0.25, 0.3) is 0 Å². The molecule has 1 aliphatic heterocycles. The molecular weight excluding hydrogens is 236 g/mol. The standard InChI is InChI=1S/C13H18O3S/c14-17(11-12-5-2-1-3-6-12)10-7-13-15-8-4-9-16-13/h1-3,5-6,13H,4,7-11H2. The van der Waals surface area contributed by atoms with Crippen molar-refractivity contribution >= 4 is 10.8 Å². The summed E-state index contributed by atoms with van der Waals surface area (Å²) in [5.41, 5.74) is 1.12. The second-order valence-corrected chi connectivity index (χ2v) is 5.66. The van der Waals surface area contributed by atoms with Crippen LogP contribution in [-0.2, 0) is 26.0 Å². The Kier molecular flexibility index (Phi) is 5.16.